The van der Waals surface area contributed by atoms with Crippen molar-refractivity contribution in [3.05, 3.63) is 77.5 Å². The number of hydrogen-bond donors (Lipinski definition) is 1. The number of aromatic nitrogens is 1. The average molecular weight is 394 g/mol. The number of nitrogens with zero attached hydrogens (tertiary/aromatic N) is 1. The highest BCUT2D eigenvalue weighted by atomic mass is 32.2. The van der Waals surface area contributed by atoms with Crippen LogP contribution in [0.2, 0.25) is 0 Å². The SMILES string of the molecule is Cc1ccc(S(=O)(=O)c2[nH]cc3c2N(Cc2ccccc2)C(=O)CC3C)cc1. The van der Waals surface area contributed by atoms with Crippen molar-refractivity contribution in [1.82, 2.24) is 4.98 Å². The molecule has 2 heterocycles. The number of carbonyl (C=O) groups is 1. The molecule has 6 heteroatoms. The molecule has 0 aliphatic carbocycles. The molecular formula is C22H22N2O3S. The first-order valence-electron chi connectivity index (χ1n) is 9.25. The molecule has 1 aromatic heterocycles. The highest BCUT2D eigenvalue weighted by molar-refractivity contribution is 7.91. The van der Waals surface area contributed by atoms with Crippen molar-refractivity contribution in [3.8, 4) is 0 Å². The molecule has 1 atom stereocenters. The summed E-state index contributed by atoms with van der Waals surface area (Å²) in [5, 5.41) is 0.0854. The lowest BCUT2D eigenvalue weighted by molar-refractivity contribution is -0.119. The number of fused-ring (bicyclic) bond motifs is 1. The van der Waals surface area contributed by atoms with E-state index in [1.807, 2.05) is 44.2 Å². The molecule has 1 aliphatic rings. The van der Waals surface area contributed by atoms with Crippen LogP contribution in [-0.2, 0) is 21.2 Å². The van der Waals surface area contributed by atoms with Gasteiger partial charge in [0.2, 0.25) is 15.7 Å². The molecule has 1 N–H and O–H groups in total. The standard InChI is InChI=1S/C22H22N2O3S/c1-15-8-10-18(11-9-15)28(26,27)22-21-19(13-23-22)16(2)12-20(25)24(21)14-17-6-4-3-5-7-17/h3-11,13,16,23H,12,14H2,1-2H3. The van der Waals surface area contributed by atoms with Gasteiger partial charge < -0.3 is 9.88 Å². The minimum absolute atomic E-state index is 0.0345. The number of benzene rings is 2. The lowest BCUT2D eigenvalue weighted by Crippen LogP contribution is -2.36. The quantitative estimate of drug-likeness (QED) is 0.721. The number of sulfone groups is 1. The lowest BCUT2D eigenvalue weighted by Gasteiger charge is -2.31. The number of amides is 1. The molecule has 4 rings (SSSR count). The van der Waals surface area contributed by atoms with Gasteiger partial charge in [-0.3, -0.25) is 4.79 Å². The molecule has 2 aromatic carbocycles. The molecule has 0 radical (unpaired) electrons. The van der Waals surface area contributed by atoms with Crippen LogP contribution < -0.4 is 4.90 Å². The maximum atomic E-state index is 13.3. The van der Waals surface area contributed by atoms with Gasteiger partial charge in [-0.2, -0.15) is 0 Å². The van der Waals surface area contributed by atoms with Crippen LogP contribution in [0.3, 0.4) is 0 Å². The zero-order valence-corrected chi connectivity index (χ0v) is 16.7. The number of aryl methyl sites for hydroxylation is 1. The molecule has 0 spiro atoms. The Hall–Kier alpha value is -2.86. The predicted molar refractivity (Wildman–Crippen MR) is 108 cm³/mol. The second-order valence-corrected chi connectivity index (χ2v) is 9.20. The second kappa shape index (κ2) is 6.95. The monoisotopic (exact) mass is 394 g/mol. The van der Waals surface area contributed by atoms with E-state index >= 15 is 0 Å². The van der Waals surface area contributed by atoms with Crippen molar-refractivity contribution in [1.29, 1.82) is 0 Å². The van der Waals surface area contributed by atoms with Crippen LogP contribution in [-0.4, -0.2) is 19.3 Å². The largest absolute Gasteiger partial charge is 0.350 e. The van der Waals surface area contributed by atoms with E-state index in [9.17, 15) is 13.2 Å². The summed E-state index contributed by atoms with van der Waals surface area (Å²) in [4.78, 5) is 17.6. The Labute approximate surface area is 164 Å². The number of rotatable bonds is 4. The molecule has 1 amide bonds. The number of hydrogen-bond acceptors (Lipinski definition) is 3. The number of H-pyrrole nitrogens is 1. The van der Waals surface area contributed by atoms with Crippen LogP contribution in [0.4, 0.5) is 5.69 Å². The topological polar surface area (TPSA) is 70.2 Å². The van der Waals surface area contributed by atoms with Gasteiger partial charge in [-0.1, -0.05) is 55.0 Å². The van der Waals surface area contributed by atoms with Crippen molar-refractivity contribution in [2.24, 2.45) is 0 Å². The van der Waals surface area contributed by atoms with Gasteiger partial charge in [0.15, 0.2) is 5.03 Å². The van der Waals surface area contributed by atoms with Gasteiger partial charge in [0.1, 0.15) is 0 Å². The Kier molecular flexibility index (Phi) is 4.59. The molecule has 0 fully saturated rings. The fourth-order valence-electron chi connectivity index (χ4n) is 3.65. The van der Waals surface area contributed by atoms with Crippen LogP contribution in [0.25, 0.3) is 0 Å². The number of aromatic amines is 1. The maximum Gasteiger partial charge on any atom is 0.227 e. The molecule has 5 nitrogen and oxygen atoms in total. The average Bonchev–Trinajstić information content (AvgIpc) is 3.13. The van der Waals surface area contributed by atoms with Crippen molar-refractivity contribution in [2.45, 2.75) is 42.7 Å². The molecule has 3 aromatic rings. The molecule has 1 unspecified atom stereocenters. The van der Waals surface area contributed by atoms with E-state index in [4.69, 9.17) is 0 Å². The summed E-state index contributed by atoms with van der Waals surface area (Å²) in [6.45, 7) is 4.20. The predicted octanol–water partition coefficient (Wildman–Crippen LogP) is 4.20. The van der Waals surface area contributed by atoms with Crippen LogP contribution in [0, 0.1) is 6.92 Å². The van der Waals surface area contributed by atoms with Crippen molar-refractivity contribution >= 4 is 21.4 Å². The Balaban J connectivity index is 1.84. The Morgan fingerprint density at radius 1 is 1.07 bits per heavy atom. The normalized spacial score (nSPS) is 16.9. The Bertz CT molecular complexity index is 1120. The lowest BCUT2D eigenvalue weighted by atomic mass is 9.94. The summed E-state index contributed by atoms with van der Waals surface area (Å²) in [6.07, 6.45) is 2.09. The van der Waals surface area contributed by atoms with E-state index in [0.29, 0.717) is 18.7 Å². The van der Waals surface area contributed by atoms with Gasteiger partial charge in [0, 0.05) is 12.6 Å². The molecule has 28 heavy (non-hydrogen) atoms. The van der Waals surface area contributed by atoms with Gasteiger partial charge in [0.05, 0.1) is 17.1 Å². The fourth-order valence-corrected chi connectivity index (χ4v) is 5.07. The van der Waals surface area contributed by atoms with Gasteiger partial charge >= 0.3 is 0 Å². The first-order valence-corrected chi connectivity index (χ1v) is 10.7. The highest BCUT2D eigenvalue weighted by Gasteiger charge is 2.36. The summed E-state index contributed by atoms with van der Waals surface area (Å²) in [5.41, 5.74) is 3.28. The summed E-state index contributed by atoms with van der Waals surface area (Å²) in [7, 11) is -3.78. The first-order chi connectivity index (χ1) is 13.4. The second-order valence-electron chi connectivity index (χ2n) is 7.31. The van der Waals surface area contributed by atoms with E-state index < -0.39 is 9.84 Å². The first kappa shape index (κ1) is 18.5. The third-order valence-electron chi connectivity index (χ3n) is 5.21. The third-order valence-corrected chi connectivity index (χ3v) is 6.95. The number of nitrogens with one attached hydrogen (secondary N) is 1. The number of carbonyl (C=O) groups excluding carboxylic acids is 1. The van der Waals surface area contributed by atoms with Crippen LogP contribution in [0.5, 0.6) is 0 Å². The zero-order chi connectivity index (χ0) is 19.9. The molecule has 0 saturated heterocycles. The highest BCUT2D eigenvalue weighted by Crippen LogP contribution is 2.42. The van der Waals surface area contributed by atoms with Crippen molar-refractivity contribution in [3.63, 3.8) is 0 Å². The van der Waals surface area contributed by atoms with Gasteiger partial charge in [-0.15, -0.1) is 0 Å². The molecule has 1 aliphatic heterocycles. The minimum atomic E-state index is -3.78. The van der Waals surface area contributed by atoms with Crippen LogP contribution in [0.15, 0.2) is 70.7 Å². The summed E-state index contributed by atoms with van der Waals surface area (Å²) in [6, 6.07) is 16.4. The molecule has 0 saturated carbocycles. The minimum Gasteiger partial charge on any atom is -0.350 e. The summed E-state index contributed by atoms with van der Waals surface area (Å²) >= 11 is 0. The maximum absolute atomic E-state index is 13.3. The van der Waals surface area contributed by atoms with E-state index in [1.165, 1.54) is 0 Å². The van der Waals surface area contributed by atoms with E-state index in [0.717, 1.165) is 16.7 Å². The Morgan fingerprint density at radius 3 is 2.43 bits per heavy atom. The molecule has 144 valence electrons. The smallest absolute Gasteiger partial charge is 0.227 e. The molecular weight excluding hydrogens is 372 g/mol. The fraction of sp³-hybridized carbons (Fsp3) is 0.227. The van der Waals surface area contributed by atoms with Gasteiger partial charge in [-0.25, -0.2) is 8.42 Å². The Morgan fingerprint density at radius 2 is 1.75 bits per heavy atom. The van der Waals surface area contributed by atoms with Crippen molar-refractivity contribution < 1.29 is 13.2 Å². The van der Waals surface area contributed by atoms with Gasteiger partial charge in [0.25, 0.3) is 0 Å². The van der Waals surface area contributed by atoms with Crippen molar-refractivity contribution in [2.75, 3.05) is 4.90 Å². The van der Waals surface area contributed by atoms with Crippen LogP contribution >= 0.6 is 0 Å². The van der Waals surface area contributed by atoms with Crippen LogP contribution in [0.1, 0.15) is 36.0 Å². The number of anilines is 1. The van der Waals surface area contributed by atoms with E-state index in [2.05, 4.69) is 4.98 Å². The summed E-state index contributed by atoms with van der Waals surface area (Å²) in [5.74, 6) is -0.100. The summed E-state index contributed by atoms with van der Waals surface area (Å²) < 4.78 is 26.6. The zero-order valence-electron chi connectivity index (χ0n) is 15.8. The van der Waals surface area contributed by atoms with E-state index in [-0.39, 0.29) is 21.7 Å². The van der Waals surface area contributed by atoms with E-state index in [1.54, 1.807) is 35.4 Å². The third kappa shape index (κ3) is 3.14. The van der Waals surface area contributed by atoms with Gasteiger partial charge in [-0.05, 0) is 36.1 Å². The molecule has 0 bridgehead atoms.